The second-order valence-electron chi connectivity index (χ2n) is 12.6. The number of hydrogen-bond donors (Lipinski definition) is 0. The van der Waals surface area contributed by atoms with Crippen molar-refractivity contribution in [2.24, 2.45) is 11.8 Å². The topological polar surface area (TPSA) is 64.6 Å². The molecule has 238 valence electrons. The smallest absolute Gasteiger partial charge is 0.261 e. The molecule has 2 saturated heterocycles. The Hall–Kier alpha value is -1.02. The first-order valence-corrected chi connectivity index (χ1v) is 18.1. The largest absolute Gasteiger partial charge is 0.405 e. The van der Waals surface area contributed by atoms with Crippen LogP contribution >= 0.6 is 18.9 Å². The standard InChI is InChI=1S/C33H50O7P2Si/c1-7-8-15-20-34-31-23(2)29(39-41)27(37-31)21-35-32-24(3)30(40-42)28(38-32)22-36-43(33(4,5)6,25-16-11-9-12-17-25)26-18-13-10-14-19-26/h7,9-14,16-19,23-24,27-32H,1,8,15,20-22,41-42H2,2-6H3. The monoisotopic (exact) mass is 648 g/mol. The van der Waals surface area contributed by atoms with E-state index in [0.717, 1.165) is 12.8 Å². The molecule has 0 amide bonds. The predicted octanol–water partition coefficient (Wildman–Crippen LogP) is 5.64. The van der Waals surface area contributed by atoms with E-state index in [-0.39, 0.29) is 47.6 Å². The highest BCUT2D eigenvalue weighted by atomic mass is 31.0. The lowest BCUT2D eigenvalue weighted by atomic mass is 10.0. The molecule has 0 aliphatic carbocycles. The van der Waals surface area contributed by atoms with E-state index in [4.69, 9.17) is 32.4 Å². The summed E-state index contributed by atoms with van der Waals surface area (Å²) >= 11 is 0. The van der Waals surface area contributed by atoms with Gasteiger partial charge in [-0.1, -0.05) is 101 Å². The zero-order valence-electron chi connectivity index (χ0n) is 26.2. The maximum atomic E-state index is 7.17. The summed E-state index contributed by atoms with van der Waals surface area (Å²) in [6.07, 6.45) is 1.92. The Bertz CT molecular complexity index is 1080. The van der Waals surface area contributed by atoms with Gasteiger partial charge in [0, 0.05) is 30.8 Å². The third-order valence-corrected chi connectivity index (χ3v) is 14.3. The molecule has 10 unspecified atom stereocenters. The van der Waals surface area contributed by atoms with E-state index in [1.54, 1.807) is 0 Å². The minimum Gasteiger partial charge on any atom is -0.405 e. The fourth-order valence-electron chi connectivity index (χ4n) is 6.39. The van der Waals surface area contributed by atoms with Crippen molar-refractivity contribution in [1.29, 1.82) is 0 Å². The molecule has 2 aromatic carbocycles. The van der Waals surface area contributed by atoms with Gasteiger partial charge in [0.15, 0.2) is 12.6 Å². The third-order valence-electron chi connectivity index (χ3n) is 8.70. The van der Waals surface area contributed by atoms with Crippen LogP contribution in [0.3, 0.4) is 0 Å². The van der Waals surface area contributed by atoms with Gasteiger partial charge in [0.2, 0.25) is 0 Å². The second-order valence-corrected chi connectivity index (χ2v) is 17.5. The van der Waals surface area contributed by atoms with Gasteiger partial charge in [-0.25, -0.2) is 0 Å². The van der Waals surface area contributed by atoms with Crippen LogP contribution in [0.25, 0.3) is 0 Å². The van der Waals surface area contributed by atoms with Crippen LogP contribution in [0.2, 0.25) is 5.04 Å². The van der Waals surface area contributed by atoms with Crippen LogP contribution in [-0.2, 0) is 32.4 Å². The Morgan fingerprint density at radius 2 is 1.28 bits per heavy atom. The first-order valence-electron chi connectivity index (χ1n) is 15.3. The van der Waals surface area contributed by atoms with Crippen LogP contribution in [0.15, 0.2) is 73.3 Å². The molecule has 4 rings (SSSR count). The Kier molecular flexibility index (Phi) is 13.0. The second kappa shape index (κ2) is 16.0. The summed E-state index contributed by atoms with van der Waals surface area (Å²) in [6, 6.07) is 21.3. The van der Waals surface area contributed by atoms with Crippen molar-refractivity contribution in [2.45, 2.75) is 89.5 Å². The molecule has 0 saturated carbocycles. The maximum absolute atomic E-state index is 7.17. The molecule has 0 N–H and O–H groups in total. The number of rotatable bonds is 15. The molecule has 0 bridgehead atoms. The highest BCUT2D eigenvalue weighted by Gasteiger charge is 2.52. The van der Waals surface area contributed by atoms with Gasteiger partial charge in [-0.3, -0.25) is 0 Å². The van der Waals surface area contributed by atoms with Crippen LogP contribution in [-0.4, -0.2) is 65.1 Å². The number of ether oxygens (including phenoxy) is 4. The van der Waals surface area contributed by atoms with Crippen LogP contribution < -0.4 is 10.4 Å². The molecule has 2 heterocycles. The van der Waals surface area contributed by atoms with E-state index in [0.29, 0.717) is 19.8 Å². The highest BCUT2D eigenvalue weighted by Crippen LogP contribution is 2.39. The van der Waals surface area contributed by atoms with Gasteiger partial charge < -0.3 is 32.4 Å². The fourth-order valence-corrected chi connectivity index (χ4v) is 11.8. The summed E-state index contributed by atoms with van der Waals surface area (Å²) in [7, 11) is 2.06. The molecular weight excluding hydrogens is 598 g/mol. The van der Waals surface area contributed by atoms with Crippen molar-refractivity contribution >= 4 is 37.6 Å². The quantitative estimate of drug-likeness (QED) is 0.107. The van der Waals surface area contributed by atoms with E-state index < -0.39 is 14.6 Å². The lowest BCUT2D eigenvalue weighted by Gasteiger charge is -2.43. The average Bonchev–Trinajstić information content (AvgIpc) is 3.48. The molecule has 0 aromatic heterocycles. The summed E-state index contributed by atoms with van der Waals surface area (Å²) in [5, 5.41) is 2.32. The molecule has 2 fully saturated rings. The van der Waals surface area contributed by atoms with E-state index in [1.807, 2.05) is 6.08 Å². The average molecular weight is 649 g/mol. The van der Waals surface area contributed by atoms with E-state index in [9.17, 15) is 0 Å². The predicted molar refractivity (Wildman–Crippen MR) is 180 cm³/mol. The van der Waals surface area contributed by atoms with E-state index >= 15 is 0 Å². The van der Waals surface area contributed by atoms with Crippen LogP contribution in [0.4, 0.5) is 0 Å². The SMILES string of the molecule is C=CCCCOC1OC(COC2OC(CO[Si](c3ccccc3)(c3ccccc3)C(C)(C)C)C(OP)C2C)C(OP)C1C. The fraction of sp³-hybridized carbons (Fsp3) is 0.576. The zero-order chi connectivity index (χ0) is 31.0. The molecular formula is C33H50O7P2Si. The summed E-state index contributed by atoms with van der Waals surface area (Å²) in [6.45, 7) is 16.1. The van der Waals surface area contributed by atoms with Crippen molar-refractivity contribution in [3.63, 3.8) is 0 Å². The van der Waals surface area contributed by atoms with Crippen molar-refractivity contribution in [3.05, 3.63) is 73.3 Å². The molecule has 43 heavy (non-hydrogen) atoms. The molecule has 0 radical (unpaired) electrons. The van der Waals surface area contributed by atoms with Gasteiger partial charge in [-0.15, -0.1) is 6.58 Å². The number of allylic oxidation sites excluding steroid dienone is 1. The Morgan fingerprint density at radius 3 is 1.74 bits per heavy atom. The number of benzene rings is 2. The Labute approximate surface area is 264 Å². The minimum atomic E-state index is -2.73. The lowest BCUT2D eigenvalue weighted by Crippen LogP contribution is -2.67. The van der Waals surface area contributed by atoms with E-state index in [2.05, 4.69) is 121 Å². The van der Waals surface area contributed by atoms with Crippen LogP contribution in [0.5, 0.6) is 0 Å². The van der Waals surface area contributed by atoms with E-state index in [1.165, 1.54) is 10.4 Å². The maximum Gasteiger partial charge on any atom is 0.261 e. The zero-order valence-corrected chi connectivity index (χ0v) is 29.5. The third kappa shape index (κ3) is 7.86. The number of hydrogen-bond acceptors (Lipinski definition) is 7. The van der Waals surface area contributed by atoms with Gasteiger partial charge in [-0.05, 0) is 28.3 Å². The van der Waals surface area contributed by atoms with Crippen LogP contribution in [0.1, 0.15) is 47.5 Å². The van der Waals surface area contributed by atoms with Crippen LogP contribution in [0, 0.1) is 11.8 Å². The molecule has 10 heteroatoms. The van der Waals surface area contributed by atoms with Crippen molar-refractivity contribution in [2.75, 3.05) is 19.8 Å². The van der Waals surface area contributed by atoms with Gasteiger partial charge in [0.05, 0.1) is 32.0 Å². The van der Waals surface area contributed by atoms with Gasteiger partial charge >= 0.3 is 0 Å². The number of unbranched alkanes of at least 4 members (excludes halogenated alkanes) is 1. The molecule has 2 aromatic rings. The van der Waals surface area contributed by atoms with Gasteiger partial charge in [0.1, 0.15) is 12.2 Å². The first-order chi connectivity index (χ1) is 20.7. The van der Waals surface area contributed by atoms with Crippen molar-refractivity contribution < 1.29 is 32.4 Å². The summed E-state index contributed by atoms with van der Waals surface area (Å²) in [5.41, 5.74) is 0. The molecule has 10 atom stereocenters. The lowest BCUT2D eigenvalue weighted by molar-refractivity contribution is -0.194. The molecule has 7 nitrogen and oxygen atoms in total. The van der Waals surface area contributed by atoms with Crippen molar-refractivity contribution in [1.82, 2.24) is 0 Å². The Balaban J connectivity index is 1.46. The highest BCUT2D eigenvalue weighted by molar-refractivity contribution is 7.10. The first kappa shape index (κ1) is 34.8. The summed E-state index contributed by atoms with van der Waals surface area (Å²) in [4.78, 5) is 0. The normalized spacial score (nSPS) is 29.7. The molecule has 2 aliphatic heterocycles. The molecule has 0 spiro atoms. The Morgan fingerprint density at radius 1 is 0.791 bits per heavy atom. The minimum absolute atomic E-state index is 0.0228. The van der Waals surface area contributed by atoms with Crippen molar-refractivity contribution in [3.8, 4) is 0 Å². The van der Waals surface area contributed by atoms with Gasteiger partial charge in [0.25, 0.3) is 8.32 Å². The van der Waals surface area contributed by atoms with Gasteiger partial charge in [-0.2, -0.15) is 0 Å². The summed E-state index contributed by atoms with van der Waals surface area (Å²) in [5.74, 6) is 0.0397. The summed E-state index contributed by atoms with van der Waals surface area (Å²) < 4.78 is 43.9. The molecule has 2 aliphatic rings.